The number of hydrogen-bond donors (Lipinski definition) is 0. The maximum Gasteiger partial charge on any atom is 0.457 e. The molecule has 8 heteroatoms. The number of halogens is 3. The topological polar surface area (TPSA) is 69.4 Å². The van der Waals surface area contributed by atoms with Crippen molar-refractivity contribution in [3.05, 3.63) is 39.9 Å². The van der Waals surface area contributed by atoms with Crippen molar-refractivity contribution in [1.29, 1.82) is 0 Å². The first-order valence-corrected chi connectivity index (χ1v) is 5.78. The van der Waals surface area contributed by atoms with Crippen LogP contribution in [0.4, 0.5) is 18.9 Å². The first-order valence-electron chi connectivity index (χ1n) is 5.78. The van der Waals surface area contributed by atoms with E-state index in [2.05, 4.69) is 0 Å². The minimum atomic E-state index is -4.66. The summed E-state index contributed by atoms with van der Waals surface area (Å²) in [6.45, 7) is 1.51. The summed E-state index contributed by atoms with van der Waals surface area (Å²) < 4.78 is 40.7. The second-order valence-corrected chi connectivity index (χ2v) is 3.87. The molecule has 21 heavy (non-hydrogen) atoms. The normalized spacial score (nSPS) is 12.0. The Balaban J connectivity index is 2.78. The molecule has 0 bridgehead atoms. The van der Waals surface area contributed by atoms with E-state index in [-0.39, 0.29) is 17.7 Å². The fourth-order valence-electron chi connectivity index (χ4n) is 1.29. The molecule has 5 nitrogen and oxygen atoms in total. The lowest BCUT2D eigenvalue weighted by molar-refractivity contribution is -0.384. The largest absolute Gasteiger partial charge is 0.457 e. The molecular weight excluding hydrogens is 291 g/mol. The van der Waals surface area contributed by atoms with Gasteiger partial charge in [0.05, 0.1) is 10.5 Å². The molecule has 1 atom stereocenters. The molecule has 0 aliphatic carbocycles. The fraction of sp³-hybridized carbons (Fsp3) is 0.308. The third kappa shape index (κ3) is 5.52. The van der Waals surface area contributed by atoms with Crippen LogP contribution in [0.2, 0.25) is 0 Å². The summed E-state index contributed by atoms with van der Waals surface area (Å²) in [6, 6.07) is 4.51. The monoisotopic (exact) mass is 301 g/mol. The van der Waals surface area contributed by atoms with Gasteiger partial charge in [0.2, 0.25) is 0 Å². The van der Waals surface area contributed by atoms with Gasteiger partial charge < -0.3 is 4.74 Å². The van der Waals surface area contributed by atoms with Gasteiger partial charge in [-0.2, -0.15) is 13.2 Å². The molecule has 0 aromatic heterocycles. The Labute approximate surface area is 117 Å². The molecule has 0 aliphatic heterocycles. The highest BCUT2D eigenvalue weighted by atomic mass is 19.4. The molecule has 0 radical (unpaired) electrons. The number of carbonyl (C=O) groups excluding carboxylic acids is 1. The molecule has 0 N–H and O–H groups in total. The minimum Gasteiger partial charge on any atom is -0.446 e. The number of hydrogen-bond acceptors (Lipinski definition) is 4. The Hall–Kier alpha value is -2.56. The van der Waals surface area contributed by atoms with Gasteiger partial charge in [-0.15, -0.1) is 0 Å². The van der Waals surface area contributed by atoms with E-state index in [1.165, 1.54) is 6.92 Å². The Morgan fingerprint density at radius 2 is 1.95 bits per heavy atom. The van der Waals surface area contributed by atoms with Crippen molar-refractivity contribution < 1.29 is 27.6 Å². The molecule has 0 fully saturated rings. The zero-order chi connectivity index (χ0) is 16.0. The number of alkyl halides is 3. The van der Waals surface area contributed by atoms with E-state index in [0.29, 0.717) is 0 Å². The molecule has 1 aromatic carbocycles. The van der Waals surface area contributed by atoms with Gasteiger partial charge >= 0.3 is 12.1 Å². The lowest BCUT2D eigenvalue weighted by Crippen LogP contribution is -2.17. The van der Waals surface area contributed by atoms with Crippen molar-refractivity contribution >= 4 is 11.7 Å². The lowest BCUT2D eigenvalue weighted by Gasteiger charge is -2.10. The van der Waals surface area contributed by atoms with E-state index in [1.807, 2.05) is 5.92 Å². The first kappa shape index (κ1) is 16.5. The standard InChI is InChI=1S/C13H10F3NO4/c1-2-11(7-8-13(14,15)16)21-12(18)9-3-5-10(6-4-9)17(19)20/h3-6,11H,2H2,1H3. The summed E-state index contributed by atoms with van der Waals surface area (Å²) in [5, 5.41) is 10.4. The Morgan fingerprint density at radius 1 is 1.38 bits per heavy atom. The molecule has 0 aliphatic rings. The van der Waals surface area contributed by atoms with Crippen LogP contribution in [0.5, 0.6) is 0 Å². The molecule has 0 saturated carbocycles. The maximum absolute atomic E-state index is 12.0. The van der Waals surface area contributed by atoms with Crippen molar-refractivity contribution in [2.45, 2.75) is 25.6 Å². The molecule has 1 aromatic rings. The Bertz CT molecular complexity index is 584. The summed E-state index contributed by atoms with van der Waals surface area (Å²) in [4.78, 5) is 21.5. The Morgan fingerprint density at radius 3 is 2.38 bits per heavy atom. The average Bonchev–Trinajstić information content (AvgIpc) is 2.42. The molecule has 0 heterocycles. The number of nitro benzene ring substituents is 1. The number of rotatable bonds is 4. The van der Waals surface area contributed by atoms with Crippen LogP contribution in [0, 0.1) is 22.0 Å². The van der Waals surface area contributed by atoms with Crippen molar-refractivity contribution in [1.82, 2.24) is 0 Å². The van der Waals surface area contributed by atoms with Crippen LogP contribution in [-0.4, -0.2) is 23.2 Å². The fourth-order valence-corrected chi connectivity index (χ4v) is 1.29. The van der Waals surface area contributed by atoms with E-state index >= 15 is 0 Å². The van der Waals surface area contributed by atoms with Gasteiger partial charge in [0.1, 0.15) is 0 Å². The molecule has 0 saturated heterocycles. The SMILES string of the molecule is CCC(C#CC(F)(F)F)OC(=O)c1ccc([N+](=O)[O-])cc1. The van der Waals surface area contributed by atoms with E-state index in [0.717, 1.165) is 30.2 Å². The number of nitrogens with zero attached hydrogens (tertiary/aromatic N) is 1. The smallest absolute Gasteiger partial charge is 0.446 e. The van der Waals surface area contributed by atoms with Gasteiger partial charge in [0.25, 0.3) is 5.69 Å². The number of esters is 1. The Kier molecular flexibility index (Phi) is 5.30. The van der Waals surface area contributed by atoms with Gasteiger partial charge in [0.15, 0.2) is 6.10 Å². The molecule has 1 rings (SSSR count). The van der Waals surface area contributed by atoms with Crippen LogP contribution in [-0.2, 0) is 4.74 Å². The number of benzene rings is 1. The molecule has 112 valence electrons. The quantitative estimate of drug-likeness (QED) is 0.371. The second-order valence-electron chi connectivity index (χ2n) is 3.87. The number of nitro groups is 1. The van der Waals surface area contributed by atoms with Gasteiger partial charge in [0, 0.05) is 18.1 Å². The number of non-ortho nitro benzene ring substituents is 1. The molecular formula is C13H10F3NO4. The van der Waals surface area contributed by atoms with E-state index < -0.39 is 23.2 Å². The van der Waals surface area contributed by atoms with Gasteiger partial charge in [-0.25, -0.2) is 4.79 Å². The highest BCUT2D eigenvalue weighted by Gasteiger charge is 2.24. The van der Waals surface area contributed by atoms with Crippen molar-refractivity contribution in [2.24, 2.45) is 0 Å². The third-order valence-corrected chi connectivity index (χ3v) is 2.31. The molecule has 0 spiro atoms. The van der Waals surface area contributed by atoms with Crippen LogP contribution in [0.15, 0.2) is 24.3 Å². The zero-order valence-electron chi connectivity index (χ0n) is 10.8. The summed E-state index contributed by atoms with van der Waals surface area (Å²) in [6.07, 6.45) is -5.77. The van der Waals surface area contributed by atoms with E-state index in [1.54, 1.807) is 0 Å². The minimum absolute atomic E-state index is 0.00661. The first-order chi connectivity index (χ1) is 9.73. The number of carbonyl (C=O) groups is 1. The van der Waals surface area contributed by atoms with Crippen molar-refractivity contribution in [3.63, 3.8) is 0 Å². The van der Waals surface area contributed by atoms with E-state index in [4.69, 9.17) is 4.74 Å². The molecule has 1 unspecified atom stereocenters. The van der Waals surface area contributed by atoms with Gasteiger partial charge in [-0.3, -0.25) is 10.1 Å². The zero-order valence-corrected chi connectivity index (χ0v) is 10.8. The van der Waals surface area contributed by atoms with Crippen molar-refractivity contribution in [3.8, 4) is 11.8 Å². The van der Waals surface area contributed by atoms with Gasteiger partial charge in [-0.1, -0.05) is 6.92 Å². The third-order valence-electron chi connectivity index (χ3n) is 2.31. The van der Waals surface area contributed by atoms with Crippen LogP contribution >= 0.6 is 0 Å². The summed E-state index contributed by atoms with van der Waals surface area (Å²) in [5.74, 6) is 1.96. The van der Waals surface area contributed by atoms with Crippen LogP contribution in [0.3, 0.4) is 0 Å². The lowest BCUT2D eigenvalue weighted by atomic mass is 10.2. The van der Waals surface area contributed by atoms with E-state index in [9.17, 15) is 28.1 Å². The average molecular weight is 301 g/mol. The predicted molar refractivity (Wildman–Crippen MR) is 66.4 cm³/mol. The van der Waals surface area contributed by atoms with Gasteiger partial charge in [-0.05, 0) is 24.5 Å². The predicted octanol–water partition coefficient (Wildman–Crippen LogP) is 3.10. The number of ether oxygens (including phenoxy) is 1. The summed E-state index contributed by atoms with van der Waals surface area (Å²) in [7, 11) is 0. The highest BCUT2D eigenvalue weighted by molar-refractivity contribution is 5.89. The molecule has 0 amide bonds. The summed E-state index contributed by atoms with van der Waals surface area (Å²) >= 11 is 0. The van der Waals surface area contributed by atoms with Crippen molar-refractivity contribution in [2.75, 3.05) is 0 Å². The summed E-state index contributed by atoms with van der Waals surface area (Å²) in [5.41, 5.74) is -0.219. The second kappa shape index (κ2) is 6.74. The van der Waals surface area contributed by atoms with Crippen LogP contribution in [0.1, 0.15) is 23.7 Å². The van der Waals surface area contributed by atoms with Crippen LogP contribution in [0.25, 0.3) is 0 Å². The highest BCUT2D eigenvalue weighted by Crippen LogP contribution is 2.15. The maximum atomic E-state index is 12.0. The van der Waals surface area contributed by atoms with Crippen LogP contribution < -0.4 is 0 Å².